The maximum atomic E-state index is 13.9. The van der Waals surface area contributed by atoms with Gasteiger partial charge in [0, 0.05) is 45.6 Å². The Hall–Kier alpha value is -4.17. The summed E-state index contributed by atoms with van der Waals surface area (Å²) in [6.45, 7) is 2.68. The molecule has 5 rings (SSSR count). The fourth-order valence-corrected chi connectivity index (χ4v) is 6.25. The zero-order chi connectivity index (χ0) is 29.5. The SMILES string of the molecule is CN(CCCCC(=O)O)C(=O)C1(NC(=O)OCC2c3ccccc3-c3ccccc32)CCN(Cc2ccccc2)CC1. The van der Waals surface area contributed by atoms with Crippen LogP contribution in [0.3, 0.4) is 0 Å². The molecule has 1 saturated heterocycles. The highest BCUT2D eigenvalue weighted by molar-refractivity contribution is 5.90. The van der Waals surface area contributed by atoms with Crippen molar-refractivity contribution in [2.45, 2.75) is 50.1 Å². The van der Waals surface area contributed by atoms with Gasteiger partial charge in [0.05, 0.1) is 0 Å². The molecular weight excluding hydrogens is 530 g/mol. The van der Waals surface area contributed by atoms with Crippen molar-refractivity contribution in [3.05, 3.63) is 95.6 Å². The van der Waals surface area contributed by atoms with Gasteiger partial charge in [0.1, 0.15) is 12.1 Å². The lowest BCUT2D eigenvalue weighted by Gasteiger charge is -2.42. The number of aliphatic carboxylic acids is 1. The number of piperidine rings is 1. The first-order valence-corrected chi connectivity index (χ1v) is 14.7. The molecule has 2 amide bonds. The first kappa shape index (κ1) is 29.3. The van der Waals surface area contributed by atoms with Crippen molar-refractivity contribution in [3.8, 4) is 11.1 Å². The summed E-state index contributed by atoms with van der Waals surface area (Å²) in [4.78, 5) is 42.0. The van der Waals surface area contributed by atoms with E-state index in [1.807, 2.05) is 42.5 Å². The molecule has 8 nitrogen and oxygen atoms in total. The minimum absolute atomic E-state index is 0.0691. The number of carboxylic acids is 1. The second kappa shape index (κ2) is 13.2. The molecule has 0 atom stereocenters. The molecule has 42 heavy (non-hydrogen) atoms. The zero-order valence-electron chi connectivity index (χ0n) is 24.1. The molecule has 3 aromatic carbocycles. The molecule has 1 aliphatic heterocycles. The van der Waals surface area contributed by atoms with Crippen molar-refractivity contribution in [2.24, 2.45) is 0 Å². The molecule has 2 aliphatic rings. The van der Waals surface area contributed by atoms with E-state index in [2.05, 4.69) is 46.6 Å². The van der Waals surface area contributed by atoms with Gasteiger partial charge >= 0.3 is 12.1 Å². The maximum Gasteiger partial charge on any atom is 0.408 e. The number of fused-ring (bicyclic) bond motifs is 3. The van der Waals surface area contributed by atoms with E-state index in [9.17, 15) is 14.4 Å². The lowest BCUT2D eigenvalue weighted by molar-refractivity contribution is -0.139. The predicted octanol–water partition coefficient (Wildman–Crippen LogP) is 5.27. The number of nitrogens with zero attached hydrogens (tertiary/aromatic N) is 2. The molecule has 2 N–H and O–H groups in total. The topological polar surface area (TPSA) is 99.2 Å². The smallest absolute Gasteiger partial charge is 0.408 e. The van der Waals surface area contributed by atoms with Crippen molar-refractivity contribution < 1.29 is 24.2 Å². The minimum Gasteiger partial charge on any atom is -0.481 e. The Bertz CT molecular complexity index is 1360. The van der Waals surface area contributed by atoms with Crippen LogP contribution < -0.4 is 5.32 Å². The monoisotopic (exact) mass is 569 g/mol. The number of carboxylic acid groups (broad SMARTS) is 1. The third-order valence-corrected chi connectivity index (χ3v) is 8.53. The maximum absolute atomic E-state index is 13.9. The van der Waals surface area contributed by atoms with E-state index in [1.54, 1.807) is 11.9 Å². The van der Waals surface area contributed by atoms with Gasteiger partial charge < -0.3 is 20.1 Å². The number of unbranched alkanes of at least 4 members (excludes halogenated alkanes) is 1. The summed E-state index contributed by atoms with van der Waals surface area (Å²) in [5, 5.41) is 12.0. The van der Waals surface area contributed by atoms with Gasteiger partial charge in [-0.2, -0.15) is 0 Å². The van der Waals surface area contributed by atoms with Crippen LogP contribution in [-0.4, -0.2) is 71.7 Å². The van der Waals surface area contributed by atoms with Gasteiger partial charge in [-0.15, -0.1) is 0 Å². The number of alkyl carbamates (subject to hydrolysis) is 1. The van der Waals surface area contributed by atoms with E-state index >= 15 is 0 Å². The summed E-state index contributed by atoms with van der Waals surface area (Å²) in [6.07, 6.45) is 1.46. The third kappa shape index (κ3) is 6.65. The van der Waals surface area contributed by atoms with Crippen molar-refractivity contribution >= 4 is 18.0 Å². The van der Waals surface area contributed by atoms with E-state index in [4.69, 9.17) is 9.84 Å². The number of likely N-dealkylation sites (tertiary alicyclic amines) is 1. The average Bonchev–Trinajstić information content (AvgIpc) is 3.33. The highest BCUT2D eigenvalue weighted by atomic mass is 16.5. The van der Waals surface area contributed by atoms with Crippen LogP contribution in [0.15, 0.2) is 78.9 Å². The average molecular weight is 570 g/mol. The zero-order valence-corrected chi connectivity index (χ0v) is 24.1. The van der Waals surface area contributed by atoms with Gasteiger partial charge in [-0.1, -0.05) is 78.9 Å². The number of benzene rings is 3. The summed E-state index contributed by atoms with van der Waals surface area (Å²) < 4.78 is 5.85. The predicted molar refractivity (Wildman–Crippen MR) is 161 cm³/mol. The molecule has 0 spiro atoms. The molecular formula is C34H39N3O5. The van der Waals surface area contributed by atoms with Gasteiger partial charge in [0.2, 0.25) is 5.91 Å². The quantitative estimate of drug-likeness (QED) is 0.305. The summed E-state index contributed by atoms with van der Waals surface area (Å²) >= 11 is 0. The number of carbonyl (C=O) groups excluding carboxylic acids is 2. The normalized spacial score (nSPS) is 15.8. The summed E-state index contributed by atoms with van der Waals surface area (Å²) in [6, 6.07) is 26.6. The largest absolute Gasteiger partial charge is 0.481 e. The Kier molecular flexibility index (Phi) is 9.22. The number of likely N-dealkylation sites (N-methyl/N-ethyl adjacent to an activating group) is 1. The second-order valence-electron chi connectivity index (χ2n) is 11.4. The van der Waals surface area contributed by atoms with Crippen LogP contribution in [0, 0.1) is 0 Å². The van der Waals surface area contributed by atoms with Crippen molar-refractivity contribution in [2.75, 3.05) is 33.3 Å². The van der Waals surface area contributed by atoms with Crippen molar-refractivity contribution in [3.63, 3.8) is 0 Å². The summed E-state index contributed by atoms with van der Waals surface area (Å²) in [7, 11) is 1.72. The summed E-state index contributed by atoms with van der Waals surface area (Å²) in [5.41, 5.74) is 4.70. The molecule has 0 unspecified atom stereocenters. The van der Waals surface area contributed by atoms with Crippen molar-refractivity contribution in [1.29, 1.82) is 0 Å². The molecule has 0 aromatic heterocycles. The van der Waals surface area contributed by atoms with Crippen LogP contribution in [0.1, 0.15) is 54.7 Å². The number of hydrogen-bond donors (Lipinski definition) is 2. The number of nitrogens with one attached hydrogen (secondary N) is 1. The first-order valence-electron chi connectivity index (χ1n) is 14.7. The van der Waals surface area contributed by atoms with Gasteiger partial charge in [-0.3, -0.25) is 14.5 Å². The molecule has 1 fully saturated rings. The minimum atomic E-state index is -1.09. The third-order valence-electron chi connectivity index (χ3n) is 8.53. The molecule has 220 valence electrons. The highest BCUT2D eigenvalue weighted by Gasteiger charge is 2.45. The Morgan fingerprint density at radius 2 is 1.50 bits per heavy atom. The Balaban J connectivity index is 1.26. The Morgan fingerprint density at radius 3 is 2.12 bits per heavy atom. The van der Waals surface area contributed by atoms with Crippen LogP contribution in [0.5, 0.6) is 0 Å². The lowest BCUT2D eigenvalue weighted by Crippen LogP contribution is -2.63. The van der Waals surface area contributed by atoms with Crippen LogP contribution in [0.2, 0.25) is 0 Å². The Labute approximate surface area is 247 Å². The van der Waals surface area contributed by atoms with Gasteiger partial charge in [0.25, 0.3) is 0 Å². The Morgan fingerprint density at radius 1 is 0.905 bits per heavy atom. The number of amides is 2. The molecule has 0 saturated carbocycles. The molecule has 1 aliphatic carbocycles. The highest BCUT2D eigenvalue weighted by Crippen LogP contribution is 2.44. The fraction of sp³-hybridized carbons (Fsp3) is 0.382. The lowest BCUT2D eigenvalue weighted by atomic mass is 9.85. The van der Waals surface area contributed by atoms with Gasteiger partial charge in [-0.25, -0.2) is 4.79 Å². The number of hydrogen-bond acceptors (Lipinski definition) is 5. The molecule has 1 heterocycles. The van der Waals surface area contributed by atoms with Gasteiger partial charge in [0.15, 0.2) is 0 Å². The molecule has 8 heteroatoms. The molecule has 3 aromatic rings. The summed E-state index contributed by atoms with van der Waals surface area (Å²) in [5.74, 6) is -1.08. The van der Waals surface area contributed by atoms with Crippen LogP contribution in [-0.2, 0) is 20.9 Å². The number of rotatable bonds is 11. The standard InChI is InChI=1S/C34H39N3O5/c1-36(20-10-9-17-31(38)39)32(40)34(18-21-37(22-19-34)23-25-11-3-2-4-12-25)35-33(41)42-24-30-28-15-7-5-13-26(28)27-14-6-8-16-29(27)30/h2-8,11-16,30H,9-10,17-24H2,1H3,(H,35,41)(H,38,39). The second-order valence-corrected chi connectivity index (χ2v) is 11.4. The van der Waals surface area contributed by atoms with E-state index < -0.39 is 17.6 Å². The number of carbonyl (C=O) groups is 3. The molecule has 0 bridgehead atoms. The van der Waals surface area contributed by atoms with Crippen molar-refractivity contribution in [1.82, 2.24) is 15.1 Å². The van der Waals surface area contributed by atoms with E-state index in [0.717, 1.165) is 28.8 Å². The van der Waals surface area contributed by atoms with Crippen LogP contribution >= 0.6 is 0 Å². The van der Waals surface area contributed by atoms with Crippen LogP contribution in [0.25, 0.3) is 11.1 Å². The fourth-order valence-electron chi connectivity index (χ4n) is 6.25. The molecule has 0 radical (unpaired) electrons. The van der Waals surface area contributed by atoms with Crippen LogP contribution in [0.4, 0.5) is 4.79 Å². The van der Waals surface area contributed by atoms with E-state index in [-0.39, 0.29) is 24.9 Å². The first-order chi connectivity index (χ1) is 20.4. The number of ether oxygens (including phenoxy) is 1. The van der Waals surface area contributed by atoms with E-state index in [1.165, 1.54) is 5.56 Å². The van der Waals surface area contributed by atoms with Gasteiger partial charge in [-0.05, 0) is 53.5 Å². The van der Waals surface area contributed by atoms with E-state index in [0.29, 0.717) is 45.3 Å².